The molecule has 2 aromatic rings. The van der Waals surface area contributed by atoms with E-state index in [1.807, 2.05) is 6.07 Å². The van der Waals surface area contributed by atoms with Crippen LogP contribution in [-0.4, -0.2) is 0 Å². The fourth-order valence-corrected chi connectivity index (χ4v) is 1.60. The Morgan fingerprint density at radius 3 is 1.70 bits per heavy atom. The van der Waals surface area contributed by atoms with Gasteiger partial charge in [-0.05, 0) is 6.07 Å². The van der Waals surface area contributed by atoms with E-state index in [0.717, 1.165) is 18.2 Å². The Balaban J connectivity index is 2.76. The van der Waals surface area contributed by atoms with Crippen molar-refractivity contribution in [1.82, 2.24) is 0 Å². The summed E-state index contributed by atoms with van der Waals surface area (Å²) in [5.41, 5.74) is -3.21. The van der Waals surface area contributed by atoms with E-state index < -0.39 is 46.1 Å². The molecule has 0 amide bonds. The molecule has 2 aromatic carbocycles. The molecule has 7 heteroatoms. The first-order valence-corrected chi connectivity index (χ1v) is 5.15. The van der Waals surface area contributed by atoms with Gasteiger partial charge in [-0.25, -0.2) is 22.0 Å². The molecule has 105 valence electrons. The average Bonchev–Trinajstić information content (AvgIpc) is 2.44. The van der Waals surface area contributed by atoms with Gasteiger partial charge in [-0.15, -0.1) is 0 Å². The number of hydrogen-bond acceptors (Lipinski definition) is 0. The Labute approximate surface area is 108 Å². The lowest BCUT2D eigenvalue weighted by atomic mass is 9.98. The van der Waals surface area contributed by atoms with Gasteiger partial charge >= 0.3 is 5.92 Å². The quantitative estimate of drug-likeness (QED) is 0.439. The molecular weight excluding hydrogens is 289 g/mol. The van der Waals surface area contributed by atoms with Gasteiger partial charge in [-0.2, -0.15) is 8.78 Å². The minimum Gasteiger partial charge on any atom is -0.203 e. The first-order valence-electron chi connectivity index (χ1n) is 5.15. The molecule has 0 bridgehead atoms. The van der Waals surface area contributed by atoms with Gasteiger partial charge in [0.25, 0.3) is 0 Å². The van der Waals surface area contributed by atoms with Crippen molar-refractivity contribution < 1.29 is 30.7 Å². The molecule has 0 atom stereocenters. The van der Waals surface area contributed by atoms with Crippen LogP contribution in [0.5, 0.6) is 0 Å². The van der Waals surface area contributed by atoms with Crippen LogP contribution in [0, 0.1) is 35.2 Å². The predicted molar refractivity (Wildman–Crippen MR) is 54.5 cm³/mol. The minimum atomic E-state index is -4.41. The molecule has 0 saturated heterocycles. The fraction of sp³-hybridized carbons (Fsp3) is 0.0769. The predicted octanol–water partition coefficient (Wildman–Crippen LogP) is 4.32. The van der Waals surface area contributed by atoms with E-state index in [-0.39, 0.29) is 0 Å². The normalized spacial score (nSPS) is 11.8. The highest BCUT2D eigenvalue weighted by Crippen LogP contribution is 2.40. The molecule has 0 saturated carbocycles. The van der Waals surface area contributed by atoms with Crippen LogP contribution in [0.25, 0.3) is 0 Å². The third-order valence-electron chi connectivity index (χ3n) is 2.57. The van der Waals surface area contributed by atoms with Crippen LogP contribution in [0.2, 0.25) is 0 Å². The summed E-state index contributed by atoms with van der Waals surface area (Å²) in [5.74, 6) is -16.9. The van der Waals surface area contributed by atoms with Gasteiger partial charge < -0.3 is 0 Å². The number of halogens is 7. The van der Waals surface area contributed by atoms with Gasteiger partial charge in [0.1, 0.15) is 5.56 Å². The Morgan fingerprint density at radius 2 is 1.25 bits per heavy atom. The van der Waals surface area contributed by atoms with E-state index in [4.69, 9.17) is 0 Å². The van der Waals surface area contributed by atoms with E-state index in [1.165, 1.54) is 6.07 Å². The zero-order valence-electron chi connectivity index (χ0n) is 9.46. The first-order chi connectivity index (χ1) is 9.28. The Bertz CT molecular complexity index is 621. The molecule has 0 nitrogen and oxygen atoms in total. The lowest BCUT2D eigenvalue weighted by Gasteiger charge is -2.19. The molecule has 0 heterocycles. The van der Waals surface area contributed by atoms with Crippen LogP contribution >= 0.6 is 0 Å². The van der Waals surface area contributed by atoms with Crippen molar-refractivity contribution in [2.75, 3.05) is 0 Å². The molecule has 0 fully saturated rings. The molecular formula is C13H4F7. The SMILES string of the molecule is Fc1c(F)c(F)c(C(F)(F)c2[c]cccc2)c(F)c1F. The molecule has 0 aliphatic heterocycles. The van der Waals surface area contributed by atoms with Gasteiger partial charge in [0.05, 0.1) is 0 Å². The number of hydrogen-bond donors (Lipinski definition) is 0. The lowest BCUT2D eigenvalue weighted by Crippen LogP contribution is -2.22. The largest absolute Gasteiger partial charge is 0.304 e. The topological polar surface area (TPSA) is 0 Å². The maximum atomic E-state index is 13.9. The van der Waals surface area contributed by atoms with Gasteiger partial charge in [0.15, 0.2) is 23.3 Å². The van der Waals surface area contributed by atoms with Crippen LogP contribution in [0.3, 0.4) is 0 Å². The maximum absolute atomic E-state index is 13.9. The van der Waals surface area contributed by atoms with Crippen molar-refractivity contribution in [2.45, 2.75) is 5.92 Å². The van der Waals surface area contributed by atoms with Crippen molar-refractivity contribution in [1.29, 1.82) is 0 Å². The molecule has 2 rings (SSSR count). The van der Waals surface area contributed by atoms with E-state index in [2.05, 4.69) is 0 Å². The highest BCUT2D eigenvalue weighted by molar-refractivity contribution is 5.36. The molecule has 20 heavy (non-hydrogen) atoms. The number of rotatable bonds is 2. The van der Waals surface area contributed by atoms with Crippen molar-refractivity contribution in [3.63, 3.8) is 0 Å². The summed E-state index contributed by atoms with van der Waals surface area (Å²) in [6.45, 7) is 0. The van der Waals surface area contributed by atoms with E-state index >= 15 is 0 Å². The molecule has 0 aliphatic rings. The van der Waals surface area contributed by atoms with Crippen molar-refractivity contribution >= 4 is 0 Å². The zero-order valence-corrected chi connectivity index (χ0v) is 9.46. The van der Waals surface area contributed by atoms with Crippen molar-refractivity contribution in [3.8, 4) is 0 Å². The van der Waals surface area contributed by atoms with Crippen LogP contribution in [-0.2, 0) is 5.92 Å². The minimum absolute atomic E-state index is 0.762. The summed E-state index contributed by atoms with van der Waals surface area (Å²) in [6, 6.07) is 6.20. The van der Waals surface area contributed by atoms with Gasteiger partial charge in [-0.3, -0.25) is 0 Å². The summed E-state index contributed by atoms with van der Waals surface area (Å²) >= 11 is 0. The Morgan fingerprint density at radius 1 is 0.750 bits per heavy atom. The molecule has 1 radical (unpaired) electrons. The van der Waals surface area contributed by atoms with Crippen LogP contribution in [0.1, 0.15) is 11.1 Å². The smallest absolute Gasteiger partial charge is 0.203 e. The first kappa shape index (κ1) is 14.4. The summed E-state index contributed by atoms with van der Waals surface area (Å²) < 4.78 is 93.3. The summed E-state index contributed by atoms with van der Waals surface area (Å²) in [6.07, 6.45) is 0. The van der Waals surface area contributed by atoms with E-state index in [9.17, 15) is 30.7 Å². The third-order valence-corrected chi connectivity index (χ3v) is 2.57. The monoisotopic (exact) mass is 293 g/mol. The second-order valence-corrected chi connectivity index (χ2v) is 3.80. The highest BCUT2D eigenvalue weighted by atomic mass is 19.3. The second kappa shape index (κ2) is 4.81. The van der Waals surface area contributed by atoms with Crippen LogP contribution < -0.4 is 0 Å². The lowest BCUT2D eigenvalue weighted by molar-refractivity contribution is 0.0322. The zero-order chi connectivity index (χ0) is 15.1. The van der Waals surface area contributed by atoms with Crippen LogP contribution in [0.15, 0.2) is 24.3 Å². The van der Waals surface area contributed by atoms with Gasteiger partial charge in [0.2, 0.25) is 5.82 Å². The number of alkyl halides is 2. The van der Waals surface area contributed by atoms with Crippen molar-refractivity contribution in [2.24, 2.45) is 0 Å². The summed E-state index contributed by atoms with van der Waals surface area (Å²) in [7, 11) is 0. The Hall–Kier alpha value is -2.05. The average molecular weight is 293 g/mol. The molecule has 0 aromatic heterocycles. The molecule has 0 unspecified atom stereocenters. The standard InChI is InChI=1S/C13H4F7/c14-8-7(9(15)11(17)12(18)10(8)16)13(19,20)6-4-2-1-3-5-6/h1-4H. The molecule has 0 aliphatic carbocycles. The molecule has 0 N–H and O–H groups in total. The van der Waals surface area contributed by atoms with E-state index in [0.29, 0.717) is 0 Å². The maximum Gasteiger partial charge on any atom is 0.304 e. The second-order valence-electron chi connectivity index (χ2n) is 3.80. The third kappa shape index (κ3) is 2.03. The number of benzene rings is 2. The van der Waals surface area contributed by atoms with Gasteiger partial charge in [0, 0.05) is 5.56 Å². The van der Waals surface area contributed by atoms with Crippen LogP contribution in [0.4, 0.5) is 30.7 Å². The molecule has 0 spiro atoms. The summed E-state index contributed by atoms with van der Waals surface area (Å²) in [4.78, 5) is 0. The van der Waals surface area contributed by atoms with Gasteiger partial charge in [-0.1, -0.05) is 24.3 Å². The van der Waals surface area contributed by atoms with E-state index in [1.54, 1.807) is 0 Å². The Kier molecular flexibility index (Phi) is 3.45. The fourth-order valence-electron chi connectivity index (χ4n) is 1.60. The van der Waals surface area contributed by atoms with Crippen molar-refractivity contribution in [3.05, 3.63) is 70.5 Å². The summed E-state index contributed by atoms with van der Waals surface area (Å²) in [5, 5.41) is 0. The highest BCUT2D eigenvalue weighted by Gasteiger charge is 2.43.